The van der Waals surface area contributed by atoms with E-state index in [1.54, 1.807) is 7.11 Å². The van der Waals surface area contributed by atoms with Crippen LogP contribution in [-0.2, 0) is 0 Å². The third-order valence-corrected chi connectivity index (χ3v) is 3.93. The van der Waals surface area contributed by atoms with Gasteiger partial charge in [0.25, 0.3) is 5.91 Å². The summed E-state index contributed by atoms with van der Waals surface area (Å²) in [5, 5.41) is 9.06. The summed E-state index contributed by atoms with van der Waals surface area (Å²) >= 11 is 0. The molecule has 0 bridgehead atoms. The van der Waals surface area contributed by atoms with Crippen molar-refractivity contribution in [3.8, 4) is 5.75 Å². The minimum atomic E-state index is 0.0354. The van der Waals surface area contributed by atoms with Crippen molar-refractivity contribution in [1.29, 1.82) is 0 Å². The molecular formula is C16H23NO3. The number of benzene rings is 1. The summed E-state index contributed by atoms with van der Waals surface area (Å²) in [5.74, 6) is 1.08. The van der Waals surface area contributed by atoms with Crippen LogP contribution in [0.1, 0.15) is 35.2 Å². The fourth-order valence-electron chi connectivity index (χ4n) is 2.83. The van der Waals surface area contributed by atoms with Crippen LogP contribution in [-0.4, -0.2) is 42.7 Å². The van der Waals surface area contributed by atoms with Gasteiger partial charge in [-0.15, -0.1) is 0 Å². The van der Waals surface area contributed by atoms with Crippen LogP contribution in [0.4, 0.5) is 0 Å². The number of aliphatic hydroxyl groups excluding tert-OH is 1. The molecule has 0 aromatic heterocycles. The van der Waals surface area contributed by atoms with Crippen molar-refractivity contribution in [1.82, 2.24) is 4.90 Å². The lowest BCUT2D eigenvalue weighted by Crippen LogP contribution is -2.40. The Kier molecular flexibility index (Phi) is 5.01. The molecule has 0 spiro atoms. The van der Waals surface area contributed by atoms with Crippen molar-refractivity contribution in [2.24, 2.45) is 5.92 Å². The summed E-state index contributed by atoms with van der Waals surface area (Å²) in [7, 11) is 1.59. The Morgan fingerprint density at radius 3 is 3.00 bits per heavy atom. The number of aliphatic hydroxyl groups is 1. The quantitative estimate of drug-likeness (QED) is 0.918. The van der Waals surface area contributed by atoms with E-state index in [0.717, 1.165) is 37.9 Å². The molecule has 4 nitrogen and oxygen atoms in total. The van der Waals surface area contributed by atoms with Crippen molar-refractivity contribution in [3.63, 3.8) is 0 Å². The van der Waals surface area contributed by atoms with Gasteiger partial charge in [-0.25, -0.2) is 0 Å². The normalized spacial score (nSPS) is 18.9. The predicted octanol–water partition coefficient (Wildman–Crippen LogP) is 2.24. The number of hydrogen-bond donors (Lipinski definition) is 1. The predicted molar refractivity (Wildman–Crippen MR) is 78.1 cm³/mol. The van der Waals surface area contributed by atoms with Gasteiger partial charge in [0.15, 0.2) is 0 Å². The number of rotatable bonds is 4. The Labute approximate surface area is 120 Å². The van der Waals surface area contributed by atoms with Gasteiger partial charge in [-0.1, -0.05) is 11.6 Å². The van der Waals surface area contributed by atoms with Crippen molar-refractivity contribution in [3.05, 3.63) is 29.3 Å². The molecule has 1 N–H and O–H groups in total. The van der Waals surface area contributed by atoms with Gasteiger partial charge in [0.1, 0.15) is 5.75 Å². The van der Waals surface area contributed by atoms with Crippen LogP contribution in [0.15, 0.2) is 18.2 Å². The van der Waals surface area contributed by atoms with Crippen LogP contribution >= 0.6 is 0 Å². The van der Waals surface area contributed by atoms with E-state index in [2.05, 4.69) is 0 Å². The van der Waals surface area contributed by atoms with E-state index in [4.69, 9.17) is 9.84 Å². The third kappa shape index (κ3) is 3.31. The minimum Gasteiger partial charge on any atom is -0.496 e. The number of amides is 1. The van der Waals surface area contributed by atoms with Crippen molar-refractivity contribution in [2.45, 2.75) is 26.2 Å². The summed E-state index contributed by atoms with van der Waals surface area (Å²) in [6, 6.07) is 5.68. The van der Waals surface area contributed by atoms with Gasteiger partial charge >= 0.3 is 0 Å². The molecule has 1 amide bonds. The smallest absolute Gasteiger partial charge is 0.257 e. The highest BCUT2D eigenvalue weighted by Gasteiger charge is 2.25. The Hall–Kier alpha value is -1.55. The van der Waals surface area contributed by atoms with E-state index in [1.165, 1.54) is 0 Å². The average molecular weight is 277 g/mol. The maximum Gasteiger partial charge on any atom is 0.257 e. The van der Waals surface area contributed by atoms with Gasteiger partial charge in [0.05, 0.1) is 12.7 Å². The van der Waals surface area contributed by atoms with Crippen molar-refractivity contribution < 1.29 is 14.6 Å². The molecule has 1 heterocycles. The molecule has 0 radical (unpaired) electrons. The first-order chi connectivity index (χ1) is 9.65. The first kappa shape index (κ1) is 14.9. The van der Waals surface area contributed by atoms with Gasteiger partial charge in [-0.05, 0) is 44.2 Å². The second-order valence-electron chi connectivity index (χ2n) is 5.48. The lowest BCUT2D eigenvalue weighted by atomic mass is 9.94. The standard InChI is InChI=1S/C16H23NO3/c1-12-5-6-15(20-2)14(10-12)16(19)17-8-3-4-13(11-17)7-9-18/h5-6,10,13,18H,3-4,7-9,11H2,1-2H3. The molecule has 4 heteroatoms. The van der Waals surface area contributed by atoms with Crippen LogP contribution in [0.5, 0.6) is 5.75 Å². The molecule has 1 aromatic carbocycles. The zero-order valence-electron chi connectivity index (χ0n) is 12.3. The third-order valence-electron chi connectivity index (χ3n) is 3.93. The number of hydrogen-bond acceptors (Lipinski definition) is 3. The topological polar surface area (TPSA) is 49.8 Å². The minimum absolute atomic E-state index is 0.0354. The van der Waals surface area contributed by atoms with Gasteiger partial charge in [-0.3, -0.25) is 4.79 Å². The average Bonchev–Trinajstić information content (AvgIpc) is 2.47. The molecule has 1 fully saturated rings. The number of aryl methyl sites for hydroxylation is 1. The molecular weight excluding hydrogens is 254 g/mol. The fourth-order valence-corrected chi connectivity index (χ4v) is 2.83. The lowest BCUT2D eigenvalue weighted by molar-refractivity contribution is 0.0650. The highest BCUT2D eigenvalue weighted by Crippen LogP contribution is 2.25. The van der Waals surface area contributed by atoms with Crippen LogP contribution in [0.3, 0.4) is 0 Å². The number of carbonyl (C=O) groups is 1. The number of nitrogens with zero attached hydrogens (tertiary/aromatic N) is 1. The second kappa shape index (κ2) is 6.75. The molecule has 0 saturated carbocycles. The monoisotopic (exact) mass is 277 g/mol. The summed E-state index contributed by atoms with van der Waals surface area (Å²) < 4.78 is 5.30. The zero-order chi connectivity index (χ0) is 14.5. The summed E-state index contributed by atoms with van der Waals surface area (Å²) in [6.07, 6.45) is 2.87. The molecule has 110 valence electrons. The van der Waals surface area contributed by atoms with E-state index < -0.39 is 0 Å². The Bertz CT molecular complexity index is 471. The fraction of sp³-hybridized carbons (Fsp3) is 0.562. The Morgan fingerprint density at radius 1 is 1.50 bits per heavy atom. The van der Waals surface area contributed by atoms with Crippen molar-refractivity contribution >= 4 is 5.91 Å². The summed E-state index contributed by atoms with van der Waals surface area (Å²) in [4.78, 5) is 14.6. The number of piperidine rings is 1. The Balaban J connectivity index is 2.16. The molecule has 2 rings (SSSR count). The van der Waals surface area contributed by atoms with Crippen LogP contribution in [0, 0.1) is 12.8 Å². The number of methoxy groups -OCH3 is 1. The molecule has 20 heavy (non-hydrogen) atoms. The van der Waals surface area contributed by atoms with E-state index in [1.807, 2.05) is 30.0 Å². The van der Waals surface area contributed by atoms with Crippen LogP contribution in [0.2, 0.25) is 0 Å². The second-order valence-corrected chi connectivity index (χ2v) is 5.48. The molecule has 1 aliphatic heterocycles. The van der Waals surface area contributed by atoms with Gasteiger partial charge in [0, 0.05) is 19.7 Å². The van der Waals surface area contributed by atoms with E-state index >= 15 is 0 Å². The maximum absolute atomic E-state index is 12.7. The molecule has 1 aliphatic rings. The van der Waals surface area contributed by atoms with Gasteiger partial charge in [0.2, 0.25) is 0 Å². The SMILES string of the molecule is COc1ccc(C)cc1C(=O)N1CCCC(CCO)C1. The van der Waals surface area contributed by atoms with Crippen LogP contribution in [0.25, 0.3) is 0 Å². The molecule has 1 unspecified atom stereocenters. The number of carbonyl (C=O) groups excluding carboxylic acids is 1. The largest absolute Gasteiger partial charge is 0.496 e. The highest BCUT2D eigenvalue weighted by atomic mass is 16.5. The van der Waals surface area contributed by atoms with Crippen LogP contribution < -0.4 is 4.74 Å². The van der Waals surface area contributed by atoms with E-state index in [-0.39, 0.29) is 12.5 Å². The Morgan fingerprint density at radius 2 is 2.30 bits per heavy atom. The highest BCUT2D eigenvalue weighted by molar-refractivity contribution is 5.97. The first-order valence-corrected chi connectivity index (χ1v) is 7.20. The molecule has 1 atom stereocenters. The summed E-state index contributed by atoms with van der Waals surface area (Å²) in [6.45, 7) is 3.69. The van der Waals surface area contributed by atoms with Crippen molar-refractivity contribution in [2.75, 3.05) is 26.8 Å². The van der Waals surface area contributed by atoms with Gasteiger partial charge < -0.3 is 14.7 Å². The summed E-state index contributed by atoms with van der Waals surface area (Å²) in [5.41, 5.74) is 1.69. The zero-order valence-corrected chi connectivity index (χ0v) is 12.3. The van der Waals surface area contributed by atoms with E-state index in [0.29, 0.717) is 17.2 Å². The molecule has 0 aliphatic carbocycles. The molecule has 1 saturated heterocycles. The lowest BCUT2D eigenvalue weighted by Gasteiger charge is -2.33. The molecule has 1 aromatic rings. The number of ether oxygens (including phenoxy) is 1. The number of likely N-dealkylation sites (tertiary alicyclic amines) is 1. The van der Waals surface area contributed by atoms with Gasteiger partial charge in [-0.2, -0.15) is 0 Å². The van der Waals surface area contributed by atoms with E-state index in [9.17, 15) is 4.79 Å². The maximum atomic E-state index is 12.7. The first-order valence-electron chi connectivity index (χ1n) is 7.20.